The van der Waals surface area contributed by atoms with Crippen molar-refractivity contribution in [3.63, 3.8) is 0 Å². The van der Waals surface area contributed by atoms with Gasteiger partial charge in [0, 0.05) is 26.8 Å². The van der Waals surface area contributed by atoms with Crippen LogP contribution in [-0.2, 0) is 21.3 Å². The molecule has 0 aliphatic heterocycles. The van der Waals surface area contributed by atoms with Gasteiger partial charge < -0.3 is 10.1 Å². The minimum absolute atomic E-state index is 0.348. The highest BCUT2D eigenvalue weighted by Gasteiger charge is 2.16. The summed E-state index contributed by atoms with van der Waals surface area (Å²) >= 11 is 0. The third kappa shape index (κ3) is 5.58. The third-order valence-corrected chi connectivity index (χ3v) is 4.38. The van der Waals surface area contributed by atoms with Crippen LogP contribution in [0.5, 0.6) is 0 Å². The van der Waals surface area contributed by atoms with Crippen molar-refractivity contribution in [1.82, 2.24) is 10.0 Å². The Kier molecular flexibility index (Phi) is 7.76. The van der Waals surface area contributed by atoms with Crippen LogP contribution in [0.4, 0.5) is 0 Å². The second-order valence-electron chi connectivity index (χ2n) is 4.53. The van der Waals surface area contributed by atoms with Crippen molar-refractivity contribution in [3.05, 3.63) is 29.8 Å². The molecule has 1 aromatic carbocycles. The lowest BCUT2D eigenvalue weighted by atomic mass is 10.2. The van der Waals surface area contributed by atoms with Crippen molar-refractivity contribution in [1.29, 1.82) is 0 Å². The maximum Gasteiger partial charge on any atom is 0.240 e. The summed E-state index contributed by atoms with van der Waals surface area (Å²) in [5.74, 6) is 0. The van der Waals surface area contributed by atoms with Gasteiger partial charge in [-0.1, -0.05) is 25.1 Å². The Hall–Kier alpha value is -0.950. The van der Waals surface area contributed by atoms with Crippen LogP contribution < -0.4 is 10.0 Å². The molecule has 2 N–H and O–H groups in total. The Morgan fingerprint density at radius 1 is 1.20 bits per heavy atom. The van der Waals surface area contributed by atoms with Crippen LogP contribution in [0.15, 0.2) is 29.2 Å². The summed E-state index contributed by atoms with van der Waals surface area (Å²) in [5, 5.41) is 3.23. The van der Waals surface area contributed by atoms with E-state index in [1.807, 2.05) is 12.1 Å². The summed E-state index contributed by atoms with van der Waals surface area (Å²) in [6.07, 6.45) is 1.68. The number of ether oxygens (including phenoxy) is 1. The lowest BCUT2D eigenvalue weighted by molar-refractivity contribution is 0.196. The molecule has 20 heavy (non-hydrogen) atoms. The van der Waals surface area contributed by atoms with E-state index in [4.69, 9.17) is 4.74 Å². The van der Waals surface area contributed by atoms with E-state index in [0.717, 1.165) is 18.5 Å². The fraction of sp³-hybridized carbons (Fsp3) is 0.571. The number of sulfonamides is 1. The second kappa shape index (κ2) is 9.07. The van der Waals surface area contributed by atoms with E-state index < -0.39 is 10.0 Å². The molecule has 0 aliphatic carbocycles. The van der Waals surface area contributed by atoms with Crippen molar-refractivity contribution >= 4 is 10.0 Å². The van der Waals surface area contributed by atoms with Gasteiger partial charge in [-0.05, 0) is 31.0 Å². The summed E-state index contributed by atoms with van der Waals surface area (Å²) in [6.45, 7) is 4.43. The van der Waals surface area contributed by atoms with Gasteiger partial charge in [-0.25, -0.2) is 13.1 Å². The van der Waals surface area contributed by atoms with Gasteiger partial charge in [-0.2, -0.15) is 0 Å². The number of hydrogen-bond acceptors (Lipinski definition) is 4. The molecule has 114 valence electrons. The largest absolute Gasteiger partial charge is 0.385 e. The van der Waals surface area contributed by atoms with Crippen LogP contribution in [0.3, 0.4) is 0 Å². The standard InChI is InChI=1S/C14H24N2O3S/c1-3-9-15-12-13-7-4-5-8-14(13)20(17,18)16-10-6-11-19-2/h4-5,7-8,15-16H,3,6,9-12H2,1-2H3. The van der Waals surface area contributed by atoms with Crippen molar-refractivity contribution < 1.29 is 13.2 Å². The van der Waals surface area contributed by atoms with Crippen LogP contribution >= 0.6 is 0 Å². The average molecular weight is 300 g/mol. The van der Waals surface area contributed by atoms with Crippen molar-refractivity contribution in [2.24, 2.45) is 0 Å². The molecule has 0 heterocycles. The van der Waals surface area contributed by atoms with Gasteiger partial charge in [-0.3, -0.25) is 0 Å². The number of nitrogens with one attached hydrogen (secondary N) is 2. The van der Waals surface area contributed by atoms with Crippen LogP contribution in [0.2, 0.25) is 0 Å². The van der Waals surface area contributed by atoms with Crippen LogP contribution in [0.1, 0.15) is 25.3 Å². The summed E-state index contributed by atoms with van der Waals surface area (Å²) in [7, 11) is -1.85. The highest BCUT2D eigenvalue weighted by atomic mass is 32.2. The maximum absolute atomic E-state index is 12.3. The molecular weight excluding hydrogens is 276 g/mol. The van der Waals surface area contributed by atoms with E-state index in [1.54, 1.807) is 19.2 Å². The molecule has 0 radical (unpaired) electrons. The summed E-state index contributed by atoms with van der Waals surface area (Å²) < 4.78 is 32.1. The fourth-order valence-electron chi connectivity index (χ4n) is 1.81. The maximum atomic E-state index is 12.3. The van der Waals surface area contributed by atoms with Gasteiger partial charge in [0.25, 0.3) is 0 Å². The number of hydrogen-bond donors (Lipinski definition) is 2. The van der Waals surface area contributed by atoms with E-state index >= 15 is 0 Å². The molecule has 5 nitrogen and oxygen atoms in total. The molecule has 0 amide bonds. The van der Waals surface area contributed by atoms with Crippen LogP contribution in [-0.4, -0.2) is 35.2 Å². The predicted molar refractivity (Wildman–Crippen MR) is 80.1 cm³/mol. The zero-order valence-electron chi connectivity index (χ0n) is 12.2. The molecule has 0 spiro atoms. The lowest BCUT2D eigenvalue weighted by Crippen LogP contribution is -2.27. The highest BCUT2D eigenvalue weighted by molar-refractivity contribution is 7.89. The van der Waals surface area contributed by atoms with Crippen molar-refractivity contribution in [2.45, 2.75) is 31.2 Å². The van der Waals surface area contributed by atoms with E-state index in [2.05, 4.69) is 17.0 Å². The van der Waals surface area contributed by atoms with Gasteiger partial charge in [0.05, 0.1) is 4.90 Å². The first-order chi connectivity index (χ1) is 9.61. The topological polar surface area (TPSA) is 67.4 Å². The van der Waals surface area contributed by atoms with E-state index in [1.165, 1.54) is 0 Å². The first-order valence-electron chi connectivity index (χ1n) is 6.89. The molecule has 0 aromatic heterocycles. The zero-order chi connectivity index (χ0) is 14.8. The summed E-state index contributed by atoms with van der Waals surface area (Å²) in [5.41, 5.74) is 0.792. The Balaban J connectivity index is 2.72. The Labute approximate surface area is 121 Å². The average Bonchev–Trinajstić information content (AvgIpc) is 2.44. The predicted octanol–water partition coefficient (Wildman–Crippen LogP) is 1.50. The normalized spacial score (nSPS) is 11.7. The molecule has 0 unspecified atom stereocenters. The molecule has 6 heteroatoms. The van der Waals surface area contributed by atoms with Crippen molar-refractivity contribution in [3.8, 4) is 0 Å². The monoisotopic (exact) mass is 300 g/mol. The smallest absolute Gasteiger partial charge is 0.240 e. The molecule has 0 atom stereocenters. The van der Waals surface area contributed by atoms with Gasteiger partial charge in [0.2, 0.25) is 10.0 Å². The Morgan fingerprint density at radius 2 is 1.95 bits per heavy atom. The van der Waals surface area contributed by atoms with Gasteiger partial charge in [0.1, 0.15) is 0 Å². The molecule has 0 fully saturated rings. The molecular formula is C14H24N2O3S. The van der Waals surface area contributed by atoms with Crippen LogP contribution in [0, 0.1) is 0 Å². The minimum Gasteiger partial charge on any atom is -0.385 e. The quantitative estimate of drug-likeness (QED) is 0.643. The highest BCUT2D eigenvalue weighted by Crippen LogP contribution is 2.15. The van der Waals surface area contributed by atoms with E-state index in [0.29, 0.717) is 31.0 Å². The SMILES string of the molecule is CCCNCc1ccccc1S(=O)(=O)NCCCOC. The minimum atomic E-state index is -3.45. The fourth-order valence-corrected chi connectivity index (χ4v) is 3.12. The molecule has 0 bridgehead atoms. The first-order valence-corrected chi connectivity index (χ1v) is 8.37. The van der Waals surface area contributed by atoms with Crippen LogP contribution in [0.25, 0.3) is 0 Å². The molecule has 1 rings (SSSR count). The summed E-state index contributed by atoms with van der Waals surface area (Å²) in [4.78, 5) is 0.348. The Bertz CT molecular complexity index is 489. The van der Waals surface area contributed by atoms with E-state index in [-0.39, 0.29) is 0 Å². The van der Waals surface area contributed by atoms with Gasteiger partial charge in [0.15, 0.2) is 0 Å². The number of benzene rings is 1. The third-order valence-electron chi connectivity index (χ3n) is 2.82. The van der Waals surface area contributed by atoms with Gasteiger partial charge in [-0.15, -0.1) is 0 Å². The van der Waals surface area contributed by atoms with E-state index in [9.17, 15) is 8.42 Å². The molecule has 0 saturated heterocycles. The summed E-state index contributed by atoms with van der Waals surface area (Å²) in [6, 6.07) is 7.08. The number of methoxy groups -OCH3 is 1. The van der Waals surface area contributed by atoms with Crippen molar-refractivity contribution in [2.75, 3.05) is 26.8 Å². The second-order valence-corrected chi connectivity index (χ2v) is 6.26. The van der Waals surface area contributed by atoms with Gasteiger partial charge >= 0.3 is 0 Å². The lowest BCUT2D eigenvalue weighted by Gasteiger charge is -2.12. The molecule has 1 aromatic rings. The molecule has 0 saturated carbocycles. The first kappa shape index (κ1) is 17.1. The Morgan fingerprint density at radius 3 is 2.65 bits per heavy atom. The zero-order valence-corrected chi connectivity index (χ0v) is 13.0. The number of rotatable bonds is 10. The molecule has 0 aliphatic rings.